The first-order valence-corrected chi connectivity index (χ1v) is 10.4. The highest BCUT2D eigenvalue weighted by molar-refractivity contribution is 6.02. The third-order valence-electron chi connectivity index (χ3n) is 5.09. The van der Waals surface area contributed by atoms with Crippen molar-refractivity contribution in [3.05, 3.63) is 108 Å². The predicted molar refractivity (Wildman–Crippen MR) is 127 cm³/mol. The fourth-order valence-corrected chi connectivity index (χ4v) is 3.36. The van der Waals surface area contributed by atoms with E-state index in [2.05, 4.69) is 5.32 Å². The van der Waals surface area contributed by atoms with Crippen LogP contribution in [0.2, 0.25) is 0 Å². The molecule has 6 heteroatoms. The first-order valence-electron chi connectivity index (χ1n) is 10.4. The molecule has 3 aromatic carbocycles. The van der Waals surface area contributed by atoms with Crippen LogP contribution in [-0.2, 0) is 11.3 Å². The highest BCUT2D eigenvalue weighted by Crippen LogP contribution is 2.27. The maximum atomic E-state index is 12.7. The van der Waals surface area contributed by atoms with Crippen LogP contribution in [0.3, 0.4) is 0 Å². The Morgan fingerprint density at radius 1 is 1.03 bits per heavy atom. The molecule has 0 atom stereocenters. The summed E-state index contributed by atoms with van der Waals surface area (Å²) in [5, 5.41) is 17.2. The number of nitrogens with one attached hydrogen (secondary N) is 1. The third kappa shape index (κ3) is 5.17. The van der Waals surface area contributed by atoms with E-state index in [0.717, 1.165) is 22.6 Å². The zero-order valence-electron chi connectivity index (χ0n) is 18.1. The van der Waals surface area contributed by atoms with E-state index in [-0.39, 0.29) is 5.57 Å². The van der Waals surface area contributed by atoms with Gasteiger partial charge in [0, 0.05) is 23.9 Å². The van der Waals surface area contributed by atoms with E-state index < -0.39 is 5.91 Å². The van der Waals surface area contributed by atoms with Gasteiger partial charge < -0.3 is 10.1 Å². The lowest BCUT2D eigenvalue weighted by Crippen LogP contribution is -2.23. The first kappa shape index (κ1) is 21.6. The van der Waals surface area contributed by atoms with Gasteiger partial charge in [-0.25, -0.2) is 4.68 Å². The van der Waals surface area contributed by atoms with Crippen LogP contribution in [0, 0.1) is 11.3 Å². The average Bonchev–Trinajstić information content (AvgIpc) is 3.31. The topological polar surface area (TPSA) is 79.9 Å². The predicted octanol–water partition coefficient (Wildman–Crippen LogP) is 4.77. The summed E-state index contributed by atoms with van der Waals surface area (Å²) in [6.07, 6.45) is 3.39. The lowest BCUT2D eigenvalue weighted by Gasteiger charge is -2.05. The van der Waals surface area contributed by atoms with Crippen LogP contribution in [-0.4, -0.2) is 22.8 Å². The number of aromatic nitrogens is 2. The molecule has 1 N–H and O–H groups in total. The molecule has 0 fully saturated rings. The molecule has 0 aliphatic rings. The summed E-state index contributed by atoms with van der Waals surface area (Å²) < 4.78 is 6.99. The molecule has 0 bridgehead atoms. The number of methoxy groups -OCH3 is 1. The Kier molecular flexibility index (Phi) is 6.62. The average molecular weight is 434 g/mol. The highest BCUT2D eigenvalue weighted by atomic mass is 16.5. The Morgan fingerprint density at radius 3 is 2.33 bits per heavy atom. The molecule has 4 aromatic rings. The molecule has 0 aliphatic carbocycles. The summed E-state index contributed by atoms with van der Waals surface area (Å²) in [5.74, 6) is 0.297. The number of nitriles is 1. The normalized spacial score (nSPS) is 11.0. The number of hydrogen-bond acceptors (Lipinski definition) is 4. The molecule has 0 saturated carbocycles. The van der Waals surface area contributed by atoms with Crippen LogP contribution in [0.25, 0.3) is 23.0 Å². The molecule has 1 amide bonds. The molecular weight excluding hydrogens is 412 g/mol. The van der Waals surface area contributed by atoms with E-state index in [1.165, 1.54) is 0 Å². The second kappa shape index (κ2) is 10.1. The summed E-state index contributed by atoms with van der Waals surface area (Å²) in [6, 6.07) is 28.7. The van der Waals surface area contributed by atoms with Gasteiger partial charge in [-0.2, -0.15) is 10.4 Å². The van der Waals surface area contributed by atoms with Gasteiger partial charge in [0.25, 0.3) is 5.91 Å². The highest BCUT2D eigenvalue weighted by Gasteiger charge is 2.15. The third-order valence-corrected chi connectivity index (χ3v) is 5.09. The van der Waals surface area contributed by atoms with Crippen molar-refractivity contribution in [2.45, 2.75) is 6.54 Å². The van der Waals surface area contributed by atoms with Crippen molar-refractivity contribution in [1.29, 1.82) is 5.26 Å². The Bertz CT molecular complexity index is 1300. The molecule has 0 radical (unpaired) electrons. The van der Waals surface area contributed by atoms with Crippen molar-refractivity contribution >= 4 is 12.0 Å². The maximum Gasteiger partial charge on any atom is 0.262 e. The molecule has 0 aliphatic heterocycles. The fraction of sp³-hybridized carbons (Fsp3) is 0.0741. The van der Waals surface area contributed by atoms with Crippen molar-refractivity contribution < 1.29 is 9.53 Å². The number of ether oxygens (including phenoxy) is 1. The molecule has 1 aromatic heterocycles. The van der Waals surface area contributed by atoms with Crippen LogP contribution >= 0.6 is 0 Å². The van der Waals surface area contributed by atoms with E-state index in [1.54, 1.807) is 17.9 Å². The Balaban J connectivity index is 1.69. The molecule has 162 valence electrons. The van der Waals surface area contributed by atoms with E-state index >= 15 is 0 Å². The fourth-order valence-electron chi connectivity index (χ4n) is 3.36. The van der Waals surface area contributed by atoms with Gasteiger partial charge in [-0.05, 0) is 48.0 Å². The van der Waals surface area contributed by atoms with Crippen molar-refractivity contribution in [3.8, 4) is 28.8 Å². The van der Waals surface area contributed by atoms with Gasteiger partial charge in [-0.3, -0.25) is 4.79 Å². The van der Waals surface area contributed by atoms with Crippen LogP contribution < -0.4 is 10.1 Å². The summed E-state index contributed by atoms with van der Waals surface area (Å²) in [5.41, 5.74) is 4.01. The molecule has 6 nitrogen and oxygen atoms in total. The molecule has 4 rings (SSSR count). The number of rotatable bonds is 7. The zero-order valence-corrected chi connectivity index (χ0v) is 18.1. The van der Waals surface area contributed by atoms with Crippen molar-refractivity contribution in [2.24, 2.45) is 0 Å². The number of amides is 1. The Morgan fingerprint density at radius 2 is 1.70 bits per heavy atom. The second-order valence-electron chi connectivity index (χ2n) is 7.28. The minimum atomic E-state index is -0.436. The minimum absolute atomic E-state index is 0.00769. The number of hydrogen-bond donors (Lipinski definition) is 1. The standard InChI is InChI=1S/C27H22N4O2/c1-33-25-14-12-21(13-15-25)26-23(19-31(30-26)24-10-6-3-7-11-24)16-22(17-28)27(32)29-18-20-8-4-2-5-9-20/h2-16,19H,18H2,1H3,(H,29,32)/b22-16+. The molecule has 0 saturated heterocycles. The summed E-state index contributed by atoms with van der Waals surface area (Å²) in [7, 11) is 1.61. The smallest absolute Gasteiger partial charge is 0.262 e. The quantitative estimate of drug-likeness (QED) is 0.336. The second-order valence-corrected chi connectivity index (χ2v) is 7.28. The molecule has 0 unspecified atom stereocenters. The van der Waals surface area contributed by atoms with Crippen molar-refractivity contribution in [2.75, 3.05) is 7.11 Å². The van der Waals surface area contributed by atoms with Crippen LogP contribution in [0.15, 0.2) is 96.7 Å². The van der Waals surface area contributed by atoms with Crippen molar-refractivity contribution in [3.63, 3.8) is 0 Å². The zero-order chi connectivity index (χ0) is 23.0. The number of carbonyl (C=O) groups is 1. The first-order chi connectivity index (χ1) is 16.2. The van der Waals surface area contributed by atoms with Gasteiger partial charge in [0.1, 0.15) is 17.4 Å². The summed E-state index contributed by atoms with van der Waals surface area (Å²) in [6.45, 7) is 0.341. The largest absolute Gasteiger partial charge is 0.497 e. The van der Waals surface area contributed by atoms with E-state index in [9.17, 15) is 10.1 Å². The van der Waals surface area contributed by atoms with Crippen LogP contribution in [0.4, 0.5) is 0 Å². The number of carbonyl (C=O) groups excluding carboxylic acids is 1. The summed E-state index contributed by atoms with van der Waals surface area (Å²) >= 11 is 0. The number of benzene rings is 3. The van der Waals surface area contributed by atoms with Gasteiger partial charge in [-0.1, -0.05) is 48.5 Å². The minimum Gasteiger partial charge on any atom is -0.497 e. The number of para-hydroxylation sites is 1. The monoisotopic (exact) mass is 434 g/mol. The van der Waals surface area contributed by atoms with Crippen molar-refractivity contribution in [1.82, 2.24) is 15.1 Å². The van der Waals surface area contributed by atoms with Gasteiger partial charge in [0.05, 0.1) is 18.5 Å². The van der Waals surface area contributed by atoms with E-state index in [0.29, 0.717) is 17.8 Å². The summed E-state index contributed by atoms with van der Waals surface area (Å²) in [4.78, 5) is 12.7. The number of nitrogens with zero attached hydrogens (tertiary/aromatic N) is 3. The maximum absolute atomic E-state index is 12.7. The lowest BCUT2D eigenvalue weighted by atomic mass is 10.1. The van der Waals surface area contributed by atoms with Gasteiger partial charge >= 0.3 is 0 Å². The van der Waals surface area contributed by atoms with Gasteiger partial charge in [-0.15, -0.1) is 0 Å². The molecule has 0 spiro atoms. The van der Waals surface area contributed by atoms with Gasteiger partial charge in [0.2, 0.25) is 0 Å². The van der Waals surface area contributed by atoms with Crippen LogP contribution in [0.1, 0.15) is 11.1 Å². The molecule has 33 heavy (non-hydrogen) atoms. The lowest BCUT2D eigenvalue weighted by molar-refractivity contribution is -0.117. The Labute approximate surface area is 192 Å². The SMILES string of the molecule is COc1ccc(-c2nn(-c3ccccc3)cc2/C=C(\C#N)C(=O)NCc2ccccc2)cc1. The van der Waals surface area contributed by atoms with Crippen LogP contribution in [0.5, 0.6) is 5.75 Å². The van der Waals surface area contributed by atoms with Gasteiger partial charge in [0.15, 0.2) is 0 Å². The molecule has 1 heterocycles. The molecular formula is C27H22N4O2. The Hall–Kier alpha value is -4.63. The van der Waals surface area contributed by atoms with E-state index in [4.69, 9.17) is 9.84 Å². The van der Waals surface area contributed by atoms with E-state index in [1.807, 2.05) is 97.2 Å².